The molecule has 1 saturated heterocycles. The Bertz CT molecular complexity index is 1350. The summed E-state index contributed by atoms with van der Waals surface area (Å²) in [6.07, 6.45) is 4.79. The summed E-state index contributed by atoms with van der Waals surface area (Å²) in [5.74, 6) is 0.893. The molecule has 1 aliphatic heterocycles. The van der Waals surface area contributed by atoms with Crippen LogP contribution in [0.1, 0.15) is 28.8 Å². The van der Waals surface area contributed by atoms with E-state index in [0.29, 0.717) is 41.3 Å². The van der Waals surface area contributed by atoms with Crippen molar-refractivity contribution in [2.75, 3.05) is 25.1 Å². The van der Waals surface area contributed by atoms with Crippen molar-refractivity contribution >= 4 is 34.2 Å². The molecule has 0 aliphatic carbocycles. The van der Waals surface area contributed by atoms with Crippen molar-refractivity contribution < 1.29 is 9.53 Å². The number of fused-ring (bicyclic) bond motifs is 1. The first-order valence-corrected chi connectivity index (χ1v) is 11.4. The lowest BCUT2D eigenvalue weighted by Gasteiger charge is -2.33. The van der Waals surface area contributed by atoms with Crippen molar-refractivity contribution in [2.24, 2.45) is 5.73 Å². The number of methoxy groups -OCH3 is 1. The predicted octanol–water partition coefficient (Wildman–Crippen LogP) is 2.64. The average molecular weight is 481 g/mol. The SMILES string of the molecule is COc1cccc(C(=O)Cn2cnc3c(C#N)c(N4CCC[C@H](N)C4)n(C/C=C\Cl)c3c2=O)c1. The molecule has 1 atom stereocenters. The van der Waals surface area contributed by atoms with Gasteiger partial charge in [-0.3, -0.25) is 14.2 Å². The molecule has 2 aromatic heterocycles. The Morgan fingerprint density at radius 1 is 1.44 bits per heavy atom. The molecule has 10 heteroatoms. The Labute approximate surface area is 201 Å². The Morgan fingerprint density at radius 3 is 2.97 bits per heavy atom. The number of allylic oxidation sites excluding steroid dienone is 1. The van der Waals surface area contributed by atoms with E-state index in [9.17, 15) is 14.9 Å². The molecule has 1 fully saturated rings. The third-order valence-corrected chi connectivity index (χ3v) is 6.13. The maximum absolute atomic E-state index is 13.5. The van der Waals surface area contributed by atoms with E-state index in [1.54, 1.807) is 34.9 Å². The van der Waals surface area contributed by atoms with Crippen LogP contribution in [0.5, 0.6) is 5.75 Å². The number of aromatic nitrogens is 3. The normalized spacial score (nSPS) is 16.2. The van der Waals surface area contributed by atoms with Gasteiger partial charge < -0.3 is 19.9 Å². The molecule has 0 unspecified atom stereocenters. The minimum Gasteiger partial charge on any atom is -0.497 e. The first-order valence-electron chi connectivity index (χ1n) is 10.9. The van der Waals surface area contributed by atoms with E-state index in [0.717, 1.165) is 12.8 Å². The van der Waals surface area contributed by atoms with E-state index in [1.807, 2.05) is 4.90 Å². The van der Waals surface area contributed by atoms with E-state index >= 15 is 0 Å². The summed E-state index contributed by atoms with van der Waals surface area (Å²) in [6, 6.07) is 8.94. The highest BCUT2D eigenvalue weighted by molar-refractivity contribution is 6.25. The molecule has 34 heavy (non-hydrogen) atoms. The van der Waals surface area contributed by atoms with Crippen LogP contribution in [0.4, 0.5) is 5.82 Å². The Kier molecular flexibility index (Phi) is 7.01. The summed E-state index contributed by atoms with van der Waals surface area (Å²) in [5.41, 5.74) is 8.43. The molecule has 2 N–H and O–H groups in total. The number of ketones is 1. The van der Waals surface area contributed by atoms with Gasteiger partial charge in [0.15, 0.2) is 5.78 Å². The van der Waals surface area contributed by atoms with Gasteiger partial charge in [-0.2, -0.15) is 5.26 Å². The van der Waals surface area contributed by atoms with Crippen LogP contribution in [0.2, 0.25) is 0 Å². The summed E-state index contributed by atoms with van der Waals surface area (Å²) < 4.78 is 8.19. The second-order valence-corrected chi connectivity index (χ2v) is 8.41. The molecule has 0 saturated carbocycles. The highest BCUT2D eigenvalue weighted by atomic mass is 35.5. The van der Waals surface area contributed by atoms with Gasteiger partial charge in [0.2, 0.25) is 0 Å². The van der Waals surface area contributed by atoms with Crippen LogP contribution in [0.3, 0.4) is 0 Å². The fourth-order valence-electron chi connectivity index (χ4n) is 4.36. The quantitative estimate of drug-likeness (QED) is 0.516. The zero-order valence-electron chi connectivity index (χ0n) is 18.8. The molecule has 0 bridgehead atoms. The number of ether oxygens (including phenoxy) is 1. The van der Waals surface area contributed by atoms with Gasteiger partial charge in [0.25, 0.3) is 5.56 Å². The first-order chi connectivity index (χ1) is 16.5. The Balaban J connectivity index is 1.83. The van der Waals surface area contributed by atoms with Crippen LogP contribution in [-0.4, -0.2) is 46.1 Å². The number of Topliss-reactive ketones (excluding diaryl/α,β-unsaturated/α-hetero) is 1. The van der Waals surface area contributed by atoms with E-state index in [4.69, 9.17) is 22.1 Å². The van der Waals surface area contributed by atoms with Gasteiger partial charge in [-0.05, 0) is 25.0 Å². The van der Waals surface area contributed by atoms with Gasteiger partial charge >= 0.3 is 0 Å². The highest BCUT2D eigenvalue weighted by Crippen LogP contribution is 2.31. The minimum absolute atomic E-state index is 0.0274. The van der Waals surface area contributed by atoms with Crippen molar-refractivity contribution in [1.82, 2.24) is 14.1 Å². The summed E-state index contributed by atoms with van der Waals surface area (Å²) in [5, 5.41) is 9.98. The molecule has 3 heterocycles. The molecule has 4 rings (SSSR count). The van der Waals surface area contributed by atoms with Gasteiger partial charge in [0.1, 0.15) is 34.2 Å². The van der Waals surface area contributed by atoms with Crippen LogP contribution in [0.25, 0.3) is 11.0 Å². The van der Waals surface area contributed by atoms with Crippen LogP contribution in [0, 0.1) is 11.3 Å². The number of hydrogen-bond donors (Lipinski definition) is 1. The topological polar surface area (TPSA) is 119 Å². The third-order valence-electron chi connectivity index (χ3n) is 5.95. The zero-order chi connectivity index (χ0) is 24.2. The molecule has 0 spiro atoms. The molecular weight excluding hydrogens is 456 g/mol. The number of halogens is 1. The number of anilines is 1. The lowest BCUT2D eigenvalue weighted by Crippen LogP contribution is -2.44. The summed E-state index contributed by atoms with van der Waals surface area (Å²) in [6.45, 7) is 1.36. The van der Waals surface area contributed by atoms with Crippen molar-refractivity contribution in [3.63, 3.8) is 0 Å². The van der Waals surface area contributed by atoms with Crippen LogP contribution in [0.15, 0.2) is 47.0 Å². The minimum atomic E-state index is -0.409. The molecular formula is C24H25ClN6O3. The maximum atomic E-state index is 13.5. The van der Waals surface area contributed by atoms with Gasteiger partial charge in [0, 0.05) is 36.8 Å². The smallest absolute Gasteiger partial charge is 0.278 e. The molecule has 9 nitrogen and oxygen atoms in total. The first kappa shape index (κ1) is 23.5. The standard InChI is InChI=1S/C24H25ClN6O3/c1-34-18-7-2-5-16(11-18)20(32)14-30-15-28-21-19(12-26)23(29-9-3-6-17(27)13-29)31(10-4-8-25)22(21)24(30)33/h2,4-5,7-8,11,15,17H,3,6,9-10,13-14,27H2,1H3/b8-4-/t17-/m0/s1. The molecule has 1 aromatic carbocycles. The number of piperidine rings is 1. The van der Waals surface area contributed by atoms with Crippen molar-refractivity contribution in [3.8, 4) is 11.8 Å². The van der Waals surface area contributed by atoms with Gasteiger partial charge in [-0.25, -0.2) is 4.98 Å². The van der Waals surface area contributed by atoms with Crippen LogP contribution >= 0.6 is 11.6 Å². The summed E-state index contributed by atoms with van der Waals surface area (Å²) in [4.78, 5) is 32.9. The average Bonchev–Trinajstić information content (AvgIpc) is 3.18. The summed E-state index contributed by atoms with van der Waals surface area (Å²) >= 11 is 5.79. The fraction of sp³-hybridized carbons (Fsp3) is 0.333. The largest absolute Gasteiger partial charge is 0.497 e. The number of nitrogens with zero attached hydrogens (tertiary/aromatic N) is 5. The zero-order valence-corrected chi connectivity index (χ0v) is 19.5. The van der Waals surface area contributed by atoms with Gasteiger partial charge in [-0.15, -0.1) is 0 Å². The van der Waals surface area contributed by atoms with Crippen molar-refractivity contribution in [3.05, 3.63) is 63.7 Å². The number of nitriles is 1. The lowest BCUT2D eigenvalue weighted by atomic mass is 10.1. The predicted molar refractivity (Wildman–Crippen MR) is 130 cm³/mol. The van der Waals surface area contributed by atoms with Gasteiger partial charge in [0.05, 0.1) is 20.0 Å². The van der Waals surface area contributed by atoms with E-state index in [1.165, 1.54) is 23.5 Å². The van der Waals surface area contributed by atoms with Crippen molar-refractivity contribution in [1.29, 1.82) is 5.26 Å². The number of carbonyl (C=O) groups is 1. The monoisotopic (exact) mass is 480 g/mol. The van der Waals surface area contributed by atoms with E-state index in [-0.39, 0.29) is 30.4 Å². The third kappa shape index (κ3) is 4.42. The van der Waals surface area contributed by atoms with E-state index < -0.39 is 5.56 Å². The van der Waals surface area contributed by atoms with E-state index in [2.05, 4.69) is 11.1 Å². The lowest BCUT2D eigenvalue weighted by molar-refractivity contribution is 0.0970. The number of hydrogen-bond acceptors (Lipinski definition) is 7. The highest BCUT2D eigenvalue weighted by Gasteiger charge is 2.28. The maximum Gasteiger partial charge on any atom is 0.278 e. The second-order valence-electron chi connectivity index (χ2n) is 8.16. The molecule has 1 aliphatic rings. The number of benzene rings is 1. The number of carbonyl (C=O) groups excluding carboxylic acids is 1. The number of rotatable bonds is 7. The molecule has 3 aromatic rings. The Hall–Kier alpha value is -3.61. The Morgan fingerprint density at radius 2 is 2.26 bits per heavy atom. The summed E-state index contributed by atoms with van der Waals surface area (Å²) in [7, 11) is 1.52. The van der Waals surface area contributed by atoms with Crippen molar-refractivity contribution in [2.45, 2.75) is 32.0 Å². The molecule has 0 radical (unpaired) electrons. The second kappa shape index (κ2) is 10.1. The number of nitrogens with two attached hydrogens (primary N) is 1. The van der Waals surface area contributed by atoms with Crippen LogP contribution in [-0.2, 0) is 13.1 Å². The molecule has 176 valence electrons. The van der Waals surface area contributed by atoms with Gasteiger partial charge in [-0.1, -0.05) is 29.8 Å². The molecule has 0 amide bonds. The fourth-order valence-corrected chi connectivity index (χ4v) is 4.44. The van der Waals surface area contributed by atoms with Crippen LogP contribution < -0.4 is 20.9 Å².